The van der Waals surface area contributed by atoms with Crippen LogP contribution in [0.5, 0.6) is 0 Å². The van der Waals surface area contributed by atoms with Gasteiger partial charge in [0, 0.05) is 18.7 Å². The van der Waals surface area contributed by atoms with Crippen LogP contribution in [-0.2, 0) is 11.3 Å². The Labute approximate surface area is 108 Å². The third-order valence-corrected chi connectivity index (χ3v) is 2.62. The Kier molecular flexibility index (Phi) is 3.71. The summed E-state index contributed by atoms with van der Waals surface area (Å²) in [4.78, 5) is 17.9. The van der Waals surface area contributed by atoms with Crippen molar-refractivity contribution in [2.75, 3.05) is 7.11 Å². The van der Waals surface area contributed by atoms with Crippen LogP contribution in [0.1, 0.15) is 11.4 Å². The van der Waals surface area contributed by atoms with Gasteiger partial charge in [-0.05, 0) is 18.6 Å². The average molecular weight is 266 g/mol. The fourth-order valence-corrected chi connectivity index (χ4v) is 1.69. The maximum absolute atomic E-state index is 13.8. The minimum atomic E-state index is -1.01. The SMILES string of the molecule is COCc1nc(-c2ccc(C)c(F)c2F)cc(=O)[nH]1. The molecule has 4 nitrogen and oxygen atoms in total. The van der Waals surface area contributed by atoms with Gasteiger partial charge in [-0.1, -0.05) is 6.07 Å². The van der Waals surface area contributed by atoms with Crippen LogP contribution in [0.15, 0.2) is 23.0 Å². The van der Waals surface area contributed by atoms with Crippen molar-refractivity contribution < 1.29 is 13.5 Å². The predicted molar refractivity (Wildman–Crippen MR) is 65.7 cm³/mol. The third-order valence-electron chi connectivity index (χ3n) is 2.62. The van der Waals surface area contributed by atoms with Crippen molar-refractivity contribution >= 4 is 0 Å². The van der Waals surface area contributed by atoms with Gasteiger partial charge in [0.05, 0.1) is 5.69 Å². The molecule has 0 spiro atoms. The molecular weight excluding hydrogens is 254 g/mol. The number of nitrogens with zero attached hydrogens (tertiary/aromatic N) is 1. The topological polar surface area (TPSA) is 55.0 Å². The van der Waals surface area contributed by atoms with Crippen molar-refractivity contribution in [3.63, 3.8) is 0 Å². The molecule has 6 heteroatoms. The second-order valence-corrected chi connectivity index (χ2v) is 4.07. The quantitative estimate of drug-likeness (QED) is 0.926. The van der Waals surface area contributed by atoms with Crippen molar-refractivity contribution in [1.29, 1.82) is 0 Å². The number of aromatic nitrogens is 2. The summed E-state index contributed by atoms with van der Waals surface area (Å²) in [5.41, 5.74) is -0.223. The molecule has 1 heterocycles. The lowest BCUT2D eigenvalue weighted by Crippen LogP contribution is -2.12. The molecule has 0 amide bonds. The molecule has 19 heavy (non-hydrogen) atoms. The van der Waals surface area contributed by atoms with Crippen LogP contribution < -0.4 is 5.56 Å². The Balaban J connectivity index is 2.59. The van der Waals surface area contributed by atoms with Gasteiger partial charge >= 0.3 is 0 Å². The van der Waals surface area contributed by atoms with E-state index in [4.69, 9.17) is 4.74 Å². The van der Waals surface area contributed by atoms with Crippen molar-refractivity contribution in [3.05, 3.63) is 51.6 Å². The van der Waals surface area contributed by atoms with Gasteiger partial charge < -0.3 is 9.72 Å². The first-order chi connectivity index (χ1) is 9.02. The van der Waals surface area contributed by atoms with E-state index in [0.29, 0.717) is 0 Å². The molecule has 1 N–H and O–H groups in total. The summed E-state index contributed by atoms with van der Waals surface area (Å²) in [6, 6.07) is 3.95. The molecule has 0 saturated heterocycles. The van der Waals surface area contributed by atoms with Gasteiger partial charge in [0.1, 0.15) is 12.4 Å². The molecule has 2 aromatic rings. The van der Waals surface area contributed by atoms with Crippen molar-refractivity contribution in [2.24, 2.45) is 0 Å². The molecule has 100 valence electrons. The first-order valence-electron chi connectivity index (χ1n) is 5.57. The molecule has 1 aromatic carbocycles. The van der Waals surface area contributed by atoms with Gasteiger partial charge in [-0.2, -0.15) is 0 Å². The van der Waals surface area contributed by atoms with Crippen molar-refractivity contribution in [3.8, 4) is 11.3 Å². The largest absolute Gasteiger partial charge is 0.377 e. The molecule has 0 unspecified atom stereocenters. The summed E-state index contributed by atoms with van der Waals surface area (Å²) in [5.74, 6) is -1.69. The van der Waals surface area contributed by atoms with Crippen LogP contribution in [0.25, 0.3) is 11.3 Å². The van der Waals surface area contributed by atoms with E-state index >= 15 is 0 Å². The Morgan fingerprint density at radius 2 is 2.05 bits per heavy atom. The maximum atomic E-state index is 13.8. The zero-order chi connectivity index (χ0) is 14.0. The van der Waals surface area contributed by atoms with Crippen LogP contribution >= 0.6 is 0 Å². The summed E-state index contributed by atoms with van der Waals surface area (Å²) < 4.78 is 32.2. The minimum Gasteiger partial charge on any atom is -0.377 e. The number of H-pyrrole nitrogens is 1. The zero-order valence-corrected chi connectivity index (χ0v) is 10.5. The Hall–Kier alpha value is -2.08. The molecule has 1 aromatic heterocycles. The molecule has 2 rings (SSSR count). The number of benzene rings is 1. The second-order valence-electron chi connectivity index (χ2n) is 4.07. The summed E-state index contributed by atoms with van der Waals surface area (Å²) in [5, 5.41) is 0. The highest BCUT2D eigenvalue weighted by Crippen LogP contribution is 2.23. The van der Waals surface area contributed by atoms with E-state index in [9.17, 15) is 13.6 Å². The molecule has 0 aliphatic heterocycles. The monoisotopic (exact) mass is 266 g/mol. The number of ether oxygens (including phenoxy) is 1. The lowest BCUT2D eigenvalue weighted by molar-refractivity contribution is 0.177. The molecule has 0 atom stereocenters. The van der Waals surface area contributed by atoms with Crippen molar-refractivity contribution in [1.82, 2.24) is 9.97 Å². The third kappa shape index (κ3) is 2.68. The highest BCUT2D eigenvalue weighted by molar-refractivity contribution is 5.60. The van der Waals surface area contributed by atoms with E-state index in [1.165, 1.54) is 26.2 Å². The van der Waals surface area contributed by atoms with Gasteiger partial charge in [0.15, 0.2) is 11.6 Å². The van der Waals surface area contributed by atoms with Gasteiger partial charge in [0.2, 0.25) is 0 Å². The Morgan fingerprint density at radius 3 is 2.74 bits per heavy atom. The molecule has 0 radical (unpaired) electrons. The first-order valence-corrected chi connectivity index (χ1v) is 5.57. The number of aromatic amines is 1. The Morgan fingerprint density at radius 1 is 1.32 bits per heavy atom. The second kappa shape index (κ2) is 5.27. The molecule has 0 saturated carbocycles. The molecule has 0 bridgehead atoms. The van der Waals surface area contributed by atoms with E-state index < -0.39 is 17.2 Å². The molecule has 0 fully saturated rings. The standard InChI is InChI=1S/C13H12F2N2O2/c1-7-3-4-8(13(15)12(7)14)9-5-11(18)17-10(16-9)6-19-2/h3-5H,6H2,1-2H3,(H,16,17,18). The summed E-state index contributed by atoms with van der Waals surface area (Å²) in [7, 11) is 1.44. The van der Waals surface area contributed by atoms with E-state index in [1.807, 2.05) is 0 Å². The predicted octanol–water partition coefficient (Wildman–Crippen LogP) is 2.17. The highest BCUT2D eigenvalue weighted by Gasteiger charge is 2.14. The lowest BCUT2D eigenvalue weighted by atomic mass is 10.1. The number of methoxy groups -OCH3 is 1. The average Bonchev–Trinajstić information content (AvgIpc) is 2.36. The summed E-state index contributed by atoms with van der Waals surface area (Å²) in [6.07, 6.45) is 0. The van der Waals surface area contributed by atoms with Crippen molar-refractivity contribution in [2.45, 2.75) is 13.5 Å². The number of rotatable bonds is 3. The number of aryl methyl sites for hydroxylation is 1. The molecule has 0 aliphatic rings. The minimum absolute atomic E-state index is 0.0495. The van der Waals surface area contributed by atoms with Crippen LogP contribution in [0.2, 0.25) is 0 Å². The van der Waals surface area contributed by atoms with Crippen LogP contribution in [0.4, 0.5) is 8.78 Å². The van der Waals surface area contributed by atoms with E-state index in [1.54, 1.807) is 0 Å². The number of hydrogen-bond acceptors (Lipinski definition) is 3. The molecule has 0 aliphatic carbocycles. The lowest BCUT2D eigenvalue weighted by Gasteiger charge is -2.07. The maximum Gasteiger partial charge on any atom is 0.251 e. The summed E-state index contributed by atoms with van der Waals surface area (Å²) in [6.45, 7) is 1.54. The fraction of sp³-hybridized carbons (Fsp3) is 0.231. The number of nitrogens with one attached hydrogen (secondary N) is 1. The normalized spacial score (nSPS) is 10.7. The van der Waals surface area contributed by atoms with E-state index in [2.05, 4.69) is 9.97 Å². The van der Waals surface area contributed by atoms with E-state index in [0.717, 1.165) is 6.07 Å². The van der Waals surface area contributed by atoms with E-state index in [-0.39, 0.29) is 29.3 Å². The Bertz CT molecular complexity index is 668. The zero-order valence-electron chi connectivity index (χ0n) is 10.5. The van der Waals surface area contributed by atoms with Crippen LogP contribution in [-0.4, -0.2) is 17.1 Å². The van der Waals surface area contributed by atoms with Crippen LogP contribution in [0.3, 0.4) is 0 Å². The van der Waals surface area contributed by atoms with Crippen LogP contribution in [0, 0.1) is 18.6 Å². The number of halogens is 2. The fourth-order valence-electron chi connectivity index (χ4n) is 1.69. The first kappa shape index (κ1) is 13.4. The highest BCUT2D eigenvalue weighted by atomic mass is 19.2. The molecular formula is C13H12F2N2O2. The summed E-state index contributed by atoms with van der Waals surface area (Å²) >= 11 is 0. The number of hydrogen-bond donors (Lipinski definition) is 1. The smallest absolute Gasteiger partial charge is 0.251 e. The van der Waals surface area contributed by atoms with Gasteiger partial charge in [-0.15, -0.1) is 0 Å². The van der Waals surface area contributed by atoms with Gasteiger partial charge in [-0.3, -0.25) is 4.79 Å². The van der Waals surface area contributed by atoms with Gasteiger partial charge in [0.25, 0.3) is 5.56 Å². The van der Waals surface area contributed by atoms with Gasteiger partial charge in [-0.25, -0.2) is 13.8 Å².